The highest BCUT2D eigenvalue weighted by atomic mass is 16.1. The molecule has 0 unspecified atom stereocenters. The molecule has 1 heterocycles. The normalized spacial score (nSPS) is 10.9. The van der Waals surface area contributed by atoms with Gasteiger partial charge in [-0.1, -0.05) is 25.1 Å². The third-order valence-corrected chi connectivity index (χ3v) is 2.74. The number of nitrogens with zero attached hydrogens (tertiary/aromatic N) is 2. The van der Waals surface area contributed by atoms with Gasteiger partial charge in [-0.2, -0.15) is 5.10 Å². The van der Waals surface area contributed by atoms with Crippen molar-refractivity contribution in [3.05, 3.63) is 40.8 Å². The second kappa shape index (κ2) is 5.59. The summed E-state index contributed by atoms with van der Waals surface area (Å²) in [6, 6.07) is 7.55. The summed E-state index contributed by atoms with van der Waals surface area (Å²) in [5.74, 6) is 0. The fraction of sp³-hybridized carbons (Fsp3) is 0.385. The van der Waals surface area contributed by atoms with Crippen LogP contribution in [0.25, 0.3) is 10.8 Å². The lowest BCUT2D eigenvalue weighted by molar-refractivity contribution is 0.531. The third kappa shape index (κ3) is 2.71. The lowest BCUT2D eigenvalue weighted by Gasteiger charge is -2.05. The Balaban J connectivity index is 2.18. The molecule has 90 valence electrons. The van der Waals surface area contributed by atoms with Gasteiger partial charge in [0.25, 0.3) is 5.56 Å². The van der Waals surface area contributed by atoms with Crippen LogP contribution < -0.4 is 10.9 Å². The first-order chi connectivity index (χ1) is 8.33. The van der Waals surface area contributed by atoms with Crippen molar-refractivity contribution < 1.29 is 0 Å². The summed E-state index contributed by atoms with van der Waals surface area (Å²) in [6.45, 7) is 4.61. The topological polar surface area (TPSA) is 46.9 Å². The number of rotatable bonds is 5. The molecule has 17 heavy (non-hydrogen) atoms. The third-order valence-electron chi connectivity index (χ3n) is 2.74. The second-order valence-electron chi connectivity index (χ2n) is 3.97. The molecule has 0 amide bonds. The zero-order valence-electron chi connectivity index (χ0n) is 10.0. The quantitative estimate of drug-likeness (QED) is 0.791. The van der Waals surface area contributed by atoms with Crippen LogP contribution in [0.1, 0.15) is 13.3 Å². The van der Waals surface area contributed by atoms with Crippen LogP contribution >= 0.6 is 0 Å². The minimum atomic E-state index is -0.000372. The Hall–Kier alpha value is -1.68. The summed E-state index contributed by atoms with van der Waals surface area (Å²) in [5, 5.41) is 9.06. The average molecular weight is 231 g/mol. The van der Waals surface area contributed by atoms with E-state index in [4.69, 9.17) is 0 Å². The van der Waals surface area contributed by atoms with E-state index in [2.05, 4.69) is 17.3 Å². The van der Waals surface area contributed by atoms with E-state index in [9.17, 15) is 4.79 Å². The monoisotopic (exact) mass is 231 g/mol. The maximum Gasteiger partial charge on any atom is 0.274 e. The Morgan fingerprint density at radius 3 is 3.00 bits per heavy atom. The summed E-state index contributed by atoms with van der Waals surface area (Å²) in [7, 11) is 0. The Bertz CT molecular complexity index is 548. The summed E-state index contributed by atoms with van der Waals surface area (Å²) in [5.41, 5.74) is -0.000372. The van der Waals surface area contributed by atoms with E-state index in [1.54, 1.807) is 10.9 Å². The first-order valence-electron chi connectivity index (χ1n) is 5.98. The highest BCUT2D eigenvalue weighted by Gasteiger charge is 2.02. The molecule has 0 radical (unpaired) electrons. The van der Waals surface area contributed by atoms with Crippen LogP contribution in [0.2, 0.25) is 0 Å². The van der Waals surface area contributed by atoms with Gasteiger partial charge in [0.05, 0.1) is 11.6 Å². The van der Waals surface area contributed by atoms with Crippen molar-refractivity contribution >= 4 is 10.8 Å². The average Bonchev–Trinajstić information content (AvgIpc) is 2.37. The van der Waals surface area contributed by atoms with Gasteiger partial charge in [0.15, 0.2) is 0 Å². The number of aromatic nitrogens is 2. The Kier molecular flexibility index (Phi) is 3.88. The molecule has 0 spiro atoms. The number of fused-ring (bicyclic) bond motifs is 1. The second-order valence-corrected chi connectivity index (χ2v) is 3.97. The predicted molar refractivity (Wildman–Crippen MR) is 69.2 cm³/mol. The summed E-state index contributed by atoms with van der Waals surface area (Å²) in [4.78, 5) is 12.1. The molecule has 1 aromatic carbocycles. The van der Waals surface area contributed by atoms with Crippen LogP contribution in [-0.4, -0.2) is 22.9 Å². The van der Waals surface area contributed by atoms with Gasteiger partial charge in [-0.25, -0.2) is 4.68 Å². The molecule has 0 fully saturated rings. The Morgan fingerprint density at radius 2 is 2.18 bits per heavy atom. The van der Waals surface area contributed by atoms with Gasteiger partial charge in [0.1, 0.15) is 0 Å². The fourth-order valence-electron chi connectivity index (χ4n) is 1.82. The van der Waals surface area contributed by atoms with E-state index in [1.165, 1.54) is 0 Å². The highest BCUT2D eigenvalue weighted by Crippen LogP contribution is 2.06. The SMILES string of the molecule is CCNCCCn1ncc2ccccc2c1=O. The van der Waals surface area contributed by atoms with Crippen molar-refractivity contribution in [3.8, 4) is 0 Å². The van der Waals surface area contributed by atoms with Gasteiger partial charge in [0.2, 0.25) is 0 Å². The molecule has 1 aromatic heterocycles. The first-order valence-corrected chi connectivity index (χ1v) is 5.98. The number of hydrogen-bond acceptors (Lipinski definition) is 3. The number of hydrogen-bond donors (Lipinski definition) is 1. The maximum atomic E-state index is 12.1. The highest BCUT2D eigenvalue weighted by molar-refractivity contribution is 5.80. The molecule has 0 atom stereocenters. The smallest absolute Gasteiger partial charge is 0.274 e. The largest absolute Gasteiger partial charge is 0.317 e. The van der Waals surface area contributed by atoms with Crippen LogP contribution in [0.4, 0.5) is 0 Å². The lowest BCUT2D eigenvalue weighted by atomic mass is 10.2. The lowest BCUT2D eigenvalue weighted by Crippen LogP contribution is -2.25. The van der Waals surface area contributed by atoms with Gasteiger partial charge in [-0.05, 0) is 25.6 Å². The van der Waals surface area contributed by atoms with Crippen LogP contribution in [0.5, 0.6) is 0 Å². The maximum absolute atomic E-state index is 12.1. The summed E-state index contributed by atoms with van der Waals surface area (Å²) >= 11 is 0. The van der Waals surface area contributed by atoms with Crippen LogP contribution in [0.3, 0.4) is 0 Å². The van der Waals surface area contributed by atoms with Gasteiger partial charge in [0, 0.05) is 11.9 Å². The molecule has 0 aliphatic carbocycles. The molecule has 0 aliphatic heterocycles. The molecule has 4 nitrogen and oxygen atoms in total. The van der Waals surface area contributed by atoms with Crippen molar-refractivity contribution in [1.82, 2.24) is 15.1 Å². The standard InChI is InChI=1S/C13H17N3O/c1-2-14-8-5-9-16-13(17)12-7-4-3-6-11(12)10-15-16/h3-4,6-7,10,14H,2,5,8-9H2,1H3. The number of nitrogens with one attached hydrogen (secondary N) is 1. The molecule has 0 aliphatic rings. The zero-order chi connectivity index (χ0) is 12.1. The van der Waals surface area contributed by atoms with E-state index in [-0.39, 0.29) is 5.56 Å². The minimum absolute atomic E-state index is 0.000372. The van der Waals surface area contributed by atoms with E-state index < -0.39 is 0 Å². The van der Waals surface area contributed by atoms with Crippen molar-refractivity contribution in [2.24, 2.45) is 0 Å². The molecule has 4 heteroatoms. The van der Waals surface area contributed by atoms with E-state index in [1.807, 2.05) is 24.3 Å². The van der Waals surface area contributed by atoms with E-state index in [0.29, 0.717) is 6.54 Å². The molecule has 0 bridgehead atoms. The van der Waals surface area contributed by atoms with Crippen molar-refractivity contribution in [2.45, 2.75) is 19.9 Å². The fourth-order valence-corrected chi connectivity index (χ4v) is 1.82. The number of benzene rings is 1. The Labute approximate surface area is 100 Å². The molecular formula is C13H17N3O. The Morgan fingerprint density at radius 1 is 1.35 bits per heavy atom. The van der Waals surface area contributed by atoms with Gasteiger partial charge in [-0.3, -0.25) is 4.79 Å². The van der Waals surface area contributed by atoms with Crippen LogP contribution in [-0.2, 0) is 6.54 Å². The van der Waals surface area contributed by atoms with Crippen molar-refractivity contribution in [1.29, 1.82) is 0 Å². The van der Waals surface area contributed by atoms with Gasteiger partial charge < -0.3 is 5.32 Å². The number of aryl methyl sites for hydroxylation is 1. The van der Waals surface area contributed by atoms with Gasteiger partial charge in [-0.15, -0.1) is 0 Å². The minimum Gasteiger partial charge on any atom is -0.317 e. The zero-order valence-corrected chi connectivity index (χ0v) is 10.0. The molecule has 2 rings (SSSR count). The molecule has 0 saturated heterocycles. The predicted octanol–water partition coefficient (Wildman–Crippen LogP) is 1.40. The molecular weight excluding hydrogens is 214 g/mol. The first kappa shape index (κ1) is 11.8. The summed E-state index contributed by atoms with van der Waals surface area (Å²) < 4.78 is 1.54. The molecule has 1 N–H and O–H groups in total. The molecule has 0 saturated carbocycles. The van der Waals surface area contributed by atoms with E-state index in [0.717, 1.165) is 30.3 Å². The summed E-state index contributed by atoms with van der Waals surface area (Å²) in [6.07, 6.45) is 2.67. The van der Waals surface area contributed by atoms with Crippen LogP contribution in [0, 0.1) is 0 Å². The van der Waals surface area contributed by atoms with Gasteiger partial charge >= 0.3 is 0 Å². The van der Waals surface area contributed by atoms with Crippen LogP contribution in [0.15, 0.2) is 35.3 Å². The van der Waals surface area contributed by atoms with Crippen molar-refractivity contribution in [3.63, 3.8) is 0 Å². The van der Waals surface area contributed by atoms with E-state index >= 15 is 0 Å². The molecule has 2 aromatic rings. The van der Waals surface area contributed by atoms with Crippen molar-refractivity contribution in [2.75, 3.05) is 13.1 Å².